The average Bonchev–Trinajstić information content (AvgIpc) is 2.95. The second kappa shape index (κ2) is 5.01. The van der Waals surface area contributed by atoms with E-state index in [1.165, 1.54) is 4.90 Å². The third-order valence-corrected chi connectivity index (χ3v) is 2.49. The van der Waals surface area contributed by atoms with Crippen molar-refractivity contribution in [3.63, 3.8) is 0 Å². The molecule has 0 heterocycles. The van der Waals surface area contributed by atoms with Gasteiger partial charge in [-0.15, -0.1) is 0 Å². The van der Waals surface area contributed by atoms with E-state index in [1.54, 1.807) is 7.05 Å². The number of likely N-dealkylation sites (N-methyl/N-ethyl adjacent to an activating group) is 1. The Morgan fingerprint density at radius 2 is 2.12 bits per heavy atom. The molecular formula is C11H18N2O3. The van der Waals surface area contributed by atoms with Crippen molar-refractivity contribution in [3.05, 3.63) is 12.2 Å². The van der Waals surface area contributed by atoms with E-state index in [-0.39, 0.29) is 11.9 Å². The lowest BCUT2D eigenvalue weighted by Crippen LogP contribution is -2.48. The minimum atomic E-state index is -0.959. The van der Waals surface area contributed by atoms with Crippen LogP contribution in [0.1, 0.15) is 19.8 Å². The molecular weight excluding hydrogens is 208 g/mol. The van der Waals surface area contributed by atoms with E-state index in [1.807, 2.05) is 6.92 Å². The Bertz CT molecular complexity index is 310. The Kier molecular flexibility index (Phi) is 3.93. The second-order valence-corrected chi connectivity index (χ2v) is 4.42. The molecule has 2 amide bonds. The van der Waals surface area contributed by atoms with Crippen LogP contribution in [0.4, 0.5) is 4.79 Å². The number of carbonyl (C=O) groups is 2. The SMILES string of the molecule is C=C(C)CN(C)C(=O)NC(C(=O)O)C1CC1. The predicted octanol–water partition coefficient (Wildman–Crippen LogP) is 1.07. The Balaban J connectivity index is 2.47. The number of rotatable bonds is 5. The average molecular weight is 226 g/mol. The summed E-state index contributed by atoms with van der Waals surface area (Å²) >= 11 is 0. The fourth-order valence-electron chi connectivity index (χ4n) is 1.53. The van der Waals surface area contributed by atoms with Gasteiger partial charge in [0.2, 0.25) is 0 Å². The van der Waals surface area contributed by atoms with Gasteiger partial charge in [0.25, 0.3) is 0 Å². The molecule has 16 heavy (non-hydrogen) atoms. The number of carboxylic acid groups (broad SMARTS) is 1. The first kappa shape index (κ1) is 12.5. The van der Waals surface area contributed by atoms with E-state index in [4.69, 9.17) is 5.11 Å². The Morgan fingerprint density at radius 3 is 2.50 bits per heavy atom. The van der Waals surface area contributed by atoms with Gasteiger partial charge in [-0.3, -0.25) is 0 Å². The van der Waals surface area contributed by atoms with Gasteiger partial charge in [0, 0.05) is 13.6 Å². The topological polar surface area (TPSA) is 69.6 Å². The first-order valence-electron chi connectivity index (χ1n) is 5.30. The van der Waals surface area contributed by atoms with Gasteiger partial charge in [-0.1, -0.05) is 12.2 Å². The van der Waals surface area contributed by atoms with Gasteiger partial charge in [0.05, 0.1) is 0 Å². The second-order valence-electron chi connectivity index (χ2n) is 4.42. The van der Waals surface area contributed by atoms with Crippen LogP contribution in [0.2, 0.25) is 0 Å². The molecule has 0 bridgehead atoms. The van der Waals surface area contributed by atoms with Crippen molar-refractivity contribution in [3.8, 4) is 0 Å². The van der Waals surface area contributed by atoms with Crippen molar-refractivity contribution < 1.29 is 14.7 Å². The van der Waals surface area contributed by atoms with Gasteiger partial charge in [-0.05, 0) is 25.7 Å². The molecule has 90 valence electrons. The fourth-order valence-corrected chi connectivity index (χ4v) is 1.53. The summed E-state index contributed by atoms with van der Waals surface area (Å²) in [7, 11) is 1.62. The fraction of sp³-hybridized carbons (Fsp3) is 0.636. The molecule has 0 aliphatic heterocycles. The van der Waals surface area contributed by atoms with Crippen LogP contribution in [-0.4, -0.2) is 41.6 Å². The number of aliphatic carboxylic acids is 1. The highest BCUT2D eigenvalue weighted by atomic mass is 16.4. The van der Waals surface area contributed by atoms with E-state index in [9.17, 15) is 9.59 Å². The molecule has 1 rings (SSSR count). The molecule has 0 aromatic heterocycles. The van der Waals surface area contributed by atoms with Crippen LogP contribution in [0.5, 0.6) is 0 Å². The molecule has 5 nitrogen and oxygen atoms in total. The third-order valence-electron chi connectivity index (χ3n) is 2.49. The molecule has 5 heteroatoms. The number of amides is 2. The quantitative estimate of drug-likeness (QED) is 0.689. The molecule has 1 saturated carbocycles. The number of urea groups is 1. The van der Waals surface area contributed by atoms with E-state index in [0.717, 1.165) is 18.4 Å². The molecule has 0 spiro atoms. The Morgan fingerprint density at radius 1 is 1.56 bits per heavy atom. The maximum atomic E-state index is 11.6. The van der Waals surface area contributed by atoms with Crippen LogP contribution in [-0.2, 0) is 4.79 Å². The molecule has 2 N–H and O–H groups in total. The van der Waals surface area contributed by atoms with Gasteiger partial charge in [-0.2, -0.15) is 0 Å². The summed E-state index contributed by atoms with van der Waals surface area (Å²) in [6.45, 7) is 5.95. The van der Waals surface area contributed by atoms with E-state index in [0.29, 0.717) is 6.54 Å². The Labute approximate surface area is 95.1 Å². The van der Waals surface area contributed by atoms with Crippen molar-refractivity contribution in [2.45, 2.75) is 25.8 Å². The van der Waals surface area contributed by atoms with Crippen molar-refractivity contribution in [1.82, 2.24) is 10.2 Å². The van der Waals surface area contributed by atoms with Crippen LogP contribution >= 0.6 is 0 Å². The van der Waals surface area contributed by atoms with Gasteiger partial charge in [0.15, 0.2) is 0 Å². The Hall–Kier alpha value is -1.52. The van der Waals surface area contributed by atoms with Crippen LogP contribution < -0.4 is 5.32 Å². The molecule has 1 unspecified atom stereocenters. The summed E-state index contributed by atoms with van der Waals surface area (Å²) < 4.78 is 0. The van der Waals surface area contributed by atoms with Crippen molar-refractivity contribution in [2.24, 2.45) is 5.92 Å². The monoisotopic (exact) mass is 226 g/mol. The molecule has 0 radical (unpaired) electrons. The zero-order chi connectivity index (χ0) is 12.3. The lowest BCUT2D eigenvalue weighted by Gasteiger charge is -2.21. The maximum absolute atomic E-state index is 11.6. The molecule has 1 aliphatic rings. The normalized spacial score (nSPS) is 16.4. The first-order valence-corrected chi connectivity index (χ1v) is 5.30. The highest BCUT2D eigenvalue weighted by Gasteiger charge is 2.37. The van der Waals surface area contributed by atoms with Gasteiger partial charge >= 0.3 is 12.0 Å². The van der Waals surface area contributed by atoms with Crippen LogP contribution in [0.15, 0.2) is 12.2 Å². The van der Waals surface area contributed by atoms with Gasteiger partial charge in [0.1, 0.15) is 6.04 Å². The zero-order valence-electron chi connectivity index (χ0n) is 9.69. The number of nitrogens with one attached hydrogen (secondary N) is 1. The van der Waals surface area contributed by atoms with E-state index >= 15 is 0 Å². The highest BCUT2D eigenvalue weighted by Crippen LogP contribution is 2.32. The van der Waals surface area contributed by atoms with E-state index in [2.05, 4.69) is 11.9 Å². The van der Waals surface area contributed by atoms with Crippen LogP contribution in [0.3, 0.4) is 0 Å². The molecule has 0 saturated heterocycles. The third kappa shape index (κ3) is 3.56. The maximum Gasteiger partial charge on any atom is 0.326 e. The van der Waals surface area contributed by atoms with Gasteiger partial charge in [-0.25, -0.2) is 9.59 Å². The molecule has 0 aromatic carbocycles. The number of nitrogens with zero attached hydrogens (tertiary/aromatic N) is 1. The molecule has 1 aliphatic carbocycles. The van der Waals surface area contributed by atoms with Gasteiger partial charge < -0.3 is 15.3 Å². The van der Waals surface area contributed by atoms with E-state index < -0.39 is 12.0 Å². The molecule has 1 fully saturated rings. The van der Waals surface area contributed by atoms with Crippen molar-refractivity contribution >= 4 is 12.0 Å². The minimum Gasteiger partial charge on any atom is -0.480 e. The number of hydrogen-bond acceptors (Lipinski definition) is 2. The van der Waals surface area contributed by atoms with Crippen molar-refractivity contribution in [1.29, 1.82) is 0 Å². The summed E-state index contributed by atoms with van der Waals surface area (Å²) in [4.78, 5) is 24.0. The number of carbonyl (C=O) groups excluding carboxylic acids is 1. The summed E-state index contributed by atoms with van der Waals surface area (Å²) in [5.41, 5.74) is 0.857. The standard InChI is InChI=1S/C11H18N2O3/c1-7(2)6-13(3)11(16)12-9(10(14)15)8-4-5-8/h8-9H,1,4-6H2,2-3H3,(H,12,16)(H,14,15). The summed E-state index contributed by atoms with van der Waals surface area (Å²) in [6.07, 6.45) is 1.75. The van der Waals surface area contributed by atoms with Crippen LogP contribution in [0.25, 0.3) is 0 Å². The molecule has 1 atom stereocenters. The summed E-state index contributed by atoms with van der Waals surface area (Å²) in [5, 5.41) is 11.5. The van der Waals surface area contributed by atoms with Crippen LogP contribution in [0, 0.1) is 5.92 Å². The first-order chi connectivity index (χ1) is 7.41. The summed E-state index contributed by atoms with van der Waals surface area (Å²) in [6, 6.07) is -1.11. The highest BCUT2D eigenvalue weighted by molar-refractivity contribution is 5.83. The number of hydrogen-bond donors (Lipinski definition) is 2. The predicted molar refractivity (Wildman–Crippen MR) is 60.1 cm³/mol. The number of carboxylic acids is 1. The largest absolute Gasteiger partial charge is 0.480 e. The lowest BCUT2D eigenvalue weighted by molar-refractivity contribution is -0.139. The zero-order valence-corrected chi connectivity index (χ0v) is 9.69. The smallest absolute Gasteiger partial charge is 0.326 e. The summed E-state index contributed by atoms with van der Waals surface area (Å²) in [5.74, 6) is -0.862. The molecule has 0 aromatic rings. The lowest BCUT2D eigenvalue weighted by atomic mass is 10.2. The minimum absolute atomic E-state index is 0.0969. The van der Waals surface area contributed by atoms with Crippen molar-refractivity contribution in [2.75, 3.05) is 13.6 Å².